The zero-order chi connectivity index (χ0) is 18.0. The van der Waals surface area contributed by atoms with E-state index in [0.29, 0.717) is 10.6 Å². The lowest BCUT2D eigenvalue weighted by atomic mass is 10.2. The Bertz CT molecular complexity index is 984. The highest BCUT2D eigenvalue weighted by Crippen LogP contribution is 2.20. The first-order valence-corrected chi connectivity index (χ1v) is 7.73. The molecule has 3 aromatic rings. The predicted molar refractivity (Wildman–Crippen MR) is 92.7 cm³/mol. The van der Waals surface area contributed by atoms with Crippen LogP contribution < -0.4 is 5.32 Å². The maximum atomic E-state index is 12.5. The highest BCUT2D eigenvalue weighted by molar-refractivity contribution is 6.31. The van der Waals surface area contributed by atoms with E-state index in [1.165, 1.54) is 16.9 Å². The number of rotatable bonds is 3. The van der Waals surface area contributed by atoms with Gasteiger partial charge in [-0.05, 0) is 38.1 Å². The summed E-state index contributed by atoms with van der Waals surface area (Å²) in [7, 11) is 0. The van der Waals surface area contributed by atoms with E-state index in [9.17, 15) is 10.1 Å². The Kier molecular flexibility index (Phi) is 4.46. The first-order valence-electron chi connectivity index (χ1n) is 7.35. The van der Waals surface area contributed by atoms with Gasteiger partial charge in [0.05, 0.1) is 6.20 Å². The van der Waals surface area contributed by atoms with Crippen LogP contribution in [0.25, 0.3) is 5.95 Å². The molecule has 124 valence electrons. The molecule has 1 aromatic carbocycles. The average molecular weight is 353 g/mol. The molecule has 3 rings (SSSR count). The third-order valence-corrected chi connectivity index (χ3v) is 3.60. The van der Waals surface area contributed by atoms with Crippen molar-refractivity contribution in [1.82, 2.24) is 19.7 Å². The van der Waals surface area contributed by atoms with Gasteiger partial charge in [-0.2, -0.15) is 15.0 Å². The Labute approximate surface area is 148 Å². The lowest BCUT2D eigenvalue weighted by Gasteiger charge is -2.09. The zero-order valence-electron chi connectivity index (χ0n) is 13.5. The van der Waals surface area contributed by atoms with Crippen molar-refractivity contribution >= 4 is 23.3 Å². The van der Waals surface area contributed by atoms with Gasteiger partial charge in [0, 0.05) is 22.0 Å². The molecule has 0 fully saturated rings. The second-order valence-electron chi connectivity index (χ2n) is 5.35. The molecule has 0 bridgehead atoms. The summed E-state index contributed by atoms with van der Waals surface area (Å²) in [5, 5.41) is 16.6. The van der Waals surface area contributed by atoms with Crippen LogP contribution in [0.1, 0.15) is 27.3 Å². The zero-order valence-corrected chi connectivity index (χ0v) is 14.2. The third kappa shape index (κ3) is 3.49. The summed E-state index contributed by atoms with van der Waals surface area (Å²) in [5.41, 5.74) is 2.08. The highest BCUT2D eigenvalue weighted by Gasteiger charge is 2.18. The van der Waals surface area contributed by atoms with Crippen molar-refractivity contribution in [2.75, 3.05) is 5.32 Å². The Morgan fingerprint density at radius 2 is 1.96 bits per heavy atom. The second kappa shape index (κ2) is 6.71. The molecule has 1 amide bonds. The predicted octanol–water partition coefficient (Wildman–Crippen LogP) is 3.06. The summed E-state index contributed by atoms with van der Waals surface area (Å²) < 4.78 is 1.33. The van der Waals surface area contributed by atoms with Gasteiger partial charge in [0.2, 0.25) is 0 Å². The lowest BCUT2D eigenvalue weighted by Crippen LogP contribution is -2.17. The van der Waals surface area contributed by atoms with Gasteiger partial charge in [0.15, 0.2) is 5.82 Å². The van der Waals surface area contributed by atoms with Crippen molar-refractivity contribution in [2.45, 2.75) is 13.8 Å². The number of aromatic nitrogens is 4. The van der Waals surface area contributed by atoms with Crippen LogP contribution >= 0.6 is 11.6 Å². The van der Waals surface area contributed by atoms with Gasteiger partial charge in [0.1, 0.15) is 11.6 Å². The van der Waals surface area contributed by atoms with E-state index >= 15 is 0 Å². The molecular weight excluding hydrogens is 340 g/mol. The van der Waals surface area contributed by atoms with Gasteiger partial charge in [-0.3, -0.25) is 4.79 Å². The second-order valence-corrected chi connectivity index (χ2v) is 5.78. The number of aryl methyl sites for hydroxylation is 2. The topological polar surface area (TPSA) is 96.5 Å². The SMILES string of the molecule is Cc1cc(C)nc(-n2ncc(C#N)c2NC(=O)c2cccc(Cl)c2)n1. The van der Waals surface area contributed by atoms with Gasteiger partial charge in [-0.15, -0.1) is 0 Å². The minimum Gasteiger partial charge on any atom is -0.305 e. The van der Waals surface area contributed by atoms with Gasteiger partial charge >= 0.3 is 0 Å². The first kappa shape index (κ1) is 16.6. The molecule has 0 aliphatic carbocycles. The van der Waals surface area contributed by atoms with Crippen LogP contribution in [0.3, 0.4) is 0 Å². The van der Waals surface area contributed by atoms with Crippen molar-refractivity contribution in [3.63, 3.8) is 0 Å². The van der Waals surface area contributed by atoms with Crippen molar-refractivity contribution in [3.8, 4) is 12.0 Å². The fourth-order valence-electron chi connectivity index (χ4n) is 2.31. The van der Waals surface area contributed by atoms with E-state index in [-0.39, 0.29) is 17.3 Å². The maximum absolute atomic E-state index is 12.5. The number of carbonyl (C=O) groups is 1. The van der Waals surface area contributed by atoms with E-state index < -0.39 is 5.91 Å². The number of nitrogens with one attached hydrogen (secondary N) is 1. The van der Waals surface area contributed by atoms with E-state index in [1.807, 2.05) is 26.0 Å². The molecule has 0 spiro atoms. The van der Waals surface area contributed by atoms with Gasteiger partial charge < -0.3 is 5.32 Å². The average Bonchev–Trinajstić information content (AvgIpc) is 2.96. The number of halogens is 1. The van der Waals surface area contributed by atoms with E-state index in [1.54, 1.807) is 18.2 Å². The fourth-order valence-corrected chi connectivity index (χ4v) is 2.50. The van der Waals surface area contributed by atoms with Gasteiger partial charge in [0.25, 0.3) is 11.9 Å². The van der Waals surface area contributed by atoms with Crippen LogP contribution in [0.4, 0.5) is 5.82 Å². The molecule has 0 unspecified atom stereocenters. The summed E-state index contributed by atoms with van der Waals surface area (Å²) in [6.07, 6.45) is 1.36. The monoisotopic (exact) mass is 352 g/mol. The molecule has 0 saturated heterocycles. The van der Waals surface area contributed by atoms with Gasteiger partial charge in [-0.25, -0.2) is 9.97 Å². The number of carbonyl (C=O) groups excluding carboxylic acids is 1. The molecule has 0 aliphatic heterocycles. The number of hydrogen-bond acceptors (Lipinski definition) is 5. The van der Waals surface area contributed by atoms with Crippen molar-refractivity contribution in [1.29, 1.82) is 5.26 Å². The number of amides is 1. The normalized spacial score (nSPS) is 10.3. The molecule has 7 nitrogen and oxygen atoms in total. The smallest absolute Gasteiger partial charge is 0.256 e. The Hall–Kier alpha value is -3.24. The Morgan fingerprint density at radius 1 is 1.24 bits per heavy atom. The minimum atomic E-state index is -0.412. The number of nitrogens with zero attached hydrogens (tertiary/aromatic N) is 5. The number of benzene rings is 1. The Balaban J connectivity index is 2.02. The minimum absolute atomic E-state index is 0.206. The summed E-state index contributed by atoms with van der Waals surface area (Å²) in [4.78, 5) is 21.1. The van der Waals surface area contributed by atoms with E-state index in [2.05, 4.69) is 20.4 Å². The van der Waals surface area contributed by atoms with Crippen molar-refractivity contribution in [3.05, 3.63) is 64.1 Å². The summed E-state index contributed by atoms with van der Waals surface area (Å²) in [6.45, 7) is 3.66. The van der Waals surface area contributed by atoms with Crippen LogP contribution in [0.15, 0.2) is 36.5 Å². The van der Waals surface area contributed by atoms with Crippen LogP contribution in [-0.2, 0) is 0 Å². The van der Waals surface area contributed by atoms with Crippen molar-refractivity contribution in [2.24, 2.45) is 0 Å². The summed E-state index contributed by atoms with van der Waals surface area (Å²) in [6, 6.07) is 10.3. The maximum Gasteiger partial charge on any atom is 0.256 e. The fraction of sp³-hybridized carbons (Fsp3) is 0.118. The quantitative estimate of drug-likeness (QED) is 0.781. The standard InChI is InChI=1S/C17H13ClN6O/c1-10-6-11(2)22-17(21-10)24-15(13(8-19)9-20-24)23-16(25)12-4-3-5-14(18)7-12/h3-7,9H,1-2H3,(H,23,25). The van der Waals surface area contributed by atoms with Crippen LogP contribution in [0, 0.1) is 25.2 Å². The van der Waals surface area contributed by atoms with Crippen LogP contribution in [0.5, 0.6) is 0 Å². The summed E-state index contributed by atoms with van der Waals surface area (Å²) in [5.74, 6) is 0.0722. The molecule has 2 heterocycles. The molecular formula is C17H13ClN6O. The lowest BCUT2D eigenvalue weighted by molar-refractivity contribution is 0.102. The van der Waals surface area contributed by atoms with Crippen LogP contribution in [-0.4, -0.2) is 25.7 Å². The first-order chi connectivity index (χ1) is 12.0. The van der Waals surface area contributed by atoms with Crippen LogP contribution in [0.2, 0.25) is 5.02 Å². The largest absolute Gasteiger partial charge is 0.305 e. The van der Waals surface area contributed by atoms with Gasteiger partial charge in [-0.1, -0.05) is 17.7 Å². The van der Waals surface area contributed by atoms with E-state index in [0.717, 1.165) is 11.4 Å². The molecule has 0 saturated carbocycles. The highest BCUT2D eigenvalue weighted by atomic mass is 35.5. The molecule has 2 aromatic heterocycles. The molecule has 0 aliphatic rings. The van der Waals surface area contributed by atoms with Crippen molar-refractivity contribution < 1.29 is 4.79 Å². The third-order valence-electron chi connectivity index (χ3n) is 3.37. The molecule has 25 heavy (non-hydrogen) atoms. The molecule has 8 heteroatoms. The summed E-state index contributed by atoms with van der Waals surface area (Å²) >= 11 is 5.92. The Morgan fingerprint density at radius 3 is 2.60 bits per heavy atom. The van der Waals surface area contributed by atoms with E-state index in [4.69, 9.17) is 11.6 Å². The molecule has 0 atom stereocenters. The molecule has 0 radical (unpaired) electrons. The number of anilines is 1. The number of hydrogen-bond donors (Lipinski definition) is 1. The number of nitriles is 1. The molecule has 1 N–H and O–H groups in total.